The van der Waals surface area contributed by atoms with Crippen LogP contribution in [0.25, 0.3) is 28.0 Å². The van der Waals surface area contributed by atoms with Crippen molar-refractivity contribution in [2.45, 2.75) is 13.0 Å². The largest absolute Gasteiger partial charge is 0.478 e. The molecule has 0 amide bonds. The zero-order chi connectivity index (χ0) is 25.3. The topological polar surface area (TPSA) is 138 Å². The Hall–Kier alpha value is -4.22. The predicted octanol–water partition coefficient (Wildman–Crippen LogP) is 2.50. The summed E-state index contributed by atoms with van der Waals surface area (Å²) in [5.41, 5.74) is -0.406. The number of halogens is 2. The minimum Gasteiger partial charge on any atom is -0.478 e. The lowest BCUT2D eigenvalue weighted by Gasteiger charge is -2.18. The lowest BCUT2D eigenvalue weighted by Crippen LogP contribution is -2.29. The summed E-state index contributed by atoms with van der Waals surface area (Å²) in [6.45, 7) is 0.757. The van der Waals surface area contributed by atoms with Crippen molar-refractivity contribution in [1.82, 2.24) is 14.5 Å². The fourth-order valence-corrected chi connectivity index (χ4v) is 3.65. The molecular weight excluding hydrogens is 462 g/mol. The molecule has 2 aromatic heterocycles. The van der Waals surface area contributed by atoms with Crippen LogP contribution in [0.3, 0.4) is 0 Å². The average Bonchev–Trinajstić information content (AvgIpc) is 2.83. The molecule has 0 spiro atoms. The van der Waals surface area contributed by atoms with Crippen LogP contribution in [0.15, 0.2) is 53.3 Å². The van der Waals surface area contributed by atoms with Gasteiger partial charge in [0.15, 0.2) is 5.65 Å². The van der Waals surface area contributed by atoms with E-state index in [1.54, 1.807) is 13.0 Å². The molecule has 11 heteroatoms. The second-order valence-corrected chi connectivity index (χ2v) is 7.75. The van der Waals surface area contributed by atoms with Crippen molar-refractivity contribution in [3.8, 4) is 16.9 Å². The van der Waals surface area contributed by atoms with Crippen LogP contribution in [0.1, 0.15) is 15.9 Å². The van der Waals surface area contributed by atoms with Crippen molar-refractivity contribution in [3.05, 3.63) is 81.6 Å². The molecule has 35 heavy (non-hydrogen) atoms. The molecule has 0 saturated carbocycles. The van der Waals surface area contributed by atoms with Crippen LogP contribution in [0.2, 0.25) is 0 Å². The Balaban J connectivity index is 2.12. The molecule has 4 N–H and O–H groups in total. The lowest BCUT2D eigenvalue weighted by atomic mass is 10.00. The molecular formula is C24H20F2N4O5. The minimum absolute atomic E-state index is 0.0241. The summed E-state index contributed by atoms with van der Waals surface area (Å²) in [4.78, 5) is 33.1. The second kappa shape index (κ2) is 9.57. The number of benzene rings is 2. The smallest absolute Gasteiger partial charge is 0.335 e. The number of carboxylic acid groups (broad SMARTS) is 1. The zero-order valence-electron chi connectivity index (χ0n) is 18.4. The van der Waals surface area contributed by atoms with Crippen LogP contribution in [-0.4, -0.2) is 55.1 Å². The number of aryl methyl sites for hydroxylation is 1. The highest BCUT2D eigenvalue weighted by Gasteiger charge is 2.21. The van der Waals surface area contributed by atoms with Crippen LogP contribution >= 0.6 is 0 Å². The first-order chi connectivity index (χ1) is 16.7. The molecule has 9 nitrogen and oxygen atoms in total. The van der Waals surface area contributed by atoms with E-state index in [9.17, 15) is 33.7 Å². The number of nitrogens with one attached hydrogen (secondary N) is 1. The quantitative estimate of drug-likeness (QED) is 0.315. The van der Waals surface area contributed by atoms with Crippen molar-refractivity contribution in [2.75, 3.05) is 18.5 Å². The van der Waals surface area contributed by atoms with Gasteiger partial charge in [-0.25, -0.2) is 18.6 Å². The molecule has 2 aromatic carbocycles. The molecule has 0 bridgehead atoms. The van der Waals surface area contributed by atoms with E-state index < -0.39 is 48.1 Å². The van der Waals surface area contributed by atoms with Gasteiger partial charge < -0.3 is 20.6 Å². The highest BCUT2D eigenvalue weighted by molar-refractivity contribution is 5.95. The number of rotatable bonds is 7. The van der Waals surface area contributed by atoms with Gasteiger partial charge in [0.2, 0.25) is 5.95 Å². The lowest BCUT2D eigenvalue weighted by molar-refractivity contribution is 0.0697. The van der Waals surface area contributed by atoms with E-state index >= 15 is 0 Å². The molecule has 0 radical (unpaired) electrons. The molecule has 4 aromatic rings. The van der Waals surface area contributed by atoms with Crippen molar-refractivity contribution >= 4 is 23.0 Å². The van der Waals surface area contributed by atoms with Gasteiger partial charge in [0, 0.05) is 17.0 Å². The Morgan fingerprint density at radius 2 is 1.74 bits per heavy atom. The van der Waals surface area contributed by atoms with Crippen LogP contribution in [0.4, 0.5) is 14.7 Å². The fraction of sp³-hybridized carbons (Fsp3) is 0.167. The van der Waals surface area contributed by atoms with E-state index in [1.807, 2.05) is 0 Å². The molecule has 0 aliphatic carbocycles. The number of fused-ring (bicyclic) bond motifs is 1. The van der Waals surface area contributed by atoms with Crippen LogP contribution < -0.4 is 10.9 Å². The number of hydrogen-bond donors (Lipinski definition) is 4. The minimum atomic E-state index is -1.17. The number of aliphatic hydroxyl groups is 2. The van der Waals surface area contributed by atoms with Crippen LogP contribution in [0.5, 0.6) is 0 Å². The molecule has 0 atom stereocenters. The number of nitrogens with zero attached hydrogens (tertiary/aromatic N) is 3. The summed E-state index contributed by atoms with van der Waals surface area (Å²) >= 11 is 0. The third-order valence-electron chi connectivity index (χ3n) is 5.43. The molecule has 2 heterocycles. The summed E-state index contributed by atoms with van der Waals surface area (Å²) < 4.78 is 30.2. The Morgan fingerprint density at radius 3 is 2.37 bits per heavy atom. The van der Waals surface area contributed by atoms with E-state index in [4.69, 9.17) is 0 Å². The van der Waals surface area contributed by atoms with E-state index in [-0.39, 0.29) is 28.2 Å². The van der Waals surface area contributed by atoms with Gasteiger partial charge in [0.05, 0.1) is 30.5 Å². The van der Waals surface area contributed by atoms with Crippen LogP contribution in [-0.2, 0) is 0 Å². The number of anilines is 1. The van der Waals surface area contributed by atoms with Gasteiger partial charge in [-0.15, -0.1) is 0 Å². The number of aromatic nitrogens is 3. The van der Waals surface area contributed by atoms with E-state index in [2.05, 4.69) is 15.3 Å². The van der Waals surface area contributed by atoms with Crippen molar-refractivity contribution < 1.29 is 28.9 Å². The molecule has 0 aliphatic heterocycles. The number of carboxylic acids is 1. The van der Waals surface area contributed by atoms with E-state index in [1.165, 1.54) is 18.2 Å². The zero-order valence-corrected chi connectivity index (χ0v) is 18.4. The average molecular weight is 482 g/mol. The van der Waals surface area contributed by atoms with Crippen molar-refractivity contribution in [3.63, 3.8) is 0 Å². The number of aromatic carboxylic acids is 1. The van der Waals surface area contributed by atoms with Gasteiger partial charge in [-0.05, 0) is 42.8 Å². The number of para-hydroxylation sites is 1. The van der Waals surface area contributed by atoms with Gasteiger partial charge in [-0.3, -0.25) is 9.36 Å². The molecule has 0 saturated heterocycles. The highest BCUT2D eigenvalue weighted by Crippen LogP contribution is 2.31. The third-order valence-corrected chi connectivity index (χ3v) is 5.43. The number of carbonyl (C=O) groups is 1. The van der Waals surface area contributed by atoms with E-state index in [0.717, 1.165) is 28.8 Å². The monoisotopic (exact) mass is 482 g/mol. The maximum absolute atomic E-state index is 14.7. The van der Waals surface area contributed by atoms with Crippen molar-refractivity contribution in [1.29, 1.82) is 0 Å². The molecule has 0 aliphatic rings. The summed E-state index contributed by atoms with van der Waals surface area (Å²) in [6, 6.07) is 9.16. The first kappa shape index (κ1) is 23.9. The Morgan fingerprint density at radius 1 is 1.06 bits per heavy atom. The maximum Gasteiger partial charge on any atom is 0.335 e. The molecule has 4 rings (SSSR count). The highest BCUT2D eigenvalue weighted by atomic mass is 19.1. The van der Waals surface area contributed by atoms with Gasteiger partial charge in [0.1, 0.15) is 17.3 Å². The Kier molecular flexibility index (Phi) is 6.54. The van der Waals surface area contributed by atoms with Gasteiger partial charge in [0.25, 0.3) is 5.56 Å². The predicted molar refractivity (Wildman–Crippen MR) is 124 cm³/mol. The first-order valence-corrected chi connectivity index (χ1v) is 10.5. The number of pyridine rings is 1. The summed E-state index contributed by atoms with van der Waals surface area (Å²) in [7, 11) is 0. The van der Waals surface area contributed by atoms with Gasteiger partial charge >= 0.3 is 5.97 Å². The molecule has 180 valence electrons. The van der Waals surface area contributed by atoms with Gasteiger partial charge in [-0.1, -0.05) is 12.1 Å². The second-order valence-electron chi connectivity index (χ2n) is 7.75. The standard InChI is InChI=1S/C24H20F2N4O5/c1-12-5-6-13(23(34)35)9-16(12)20-15-7-8-19(33)30(21-17(25)3-2-4-18(21)26)22(15)29-24(28-20)27-14(10-31)11-32/h2-9,14,31-32H,10-11H2,1H3,(H,34,35)(H,27,28,29). The third kappa shape index (κ3) is 4.46. The SMILES string of the molecule is Cc1ccc(C(=O)O)cc1-c1nc(NC(CO)CO)nc2c1ccc(=O)n2-c1c(F)cccc1F. The Labute approximate surface area is 197 Å². The number of aliphatic hydroxyl groups excluding tert-OH is 2. The summed E-state index contributed by atoms with van der Waals surface area (Å²) in [5, 5.41) is 31.4. The van der Waals surface area contributed by atoms with Crippen molar-refractivity contribution in [2.24, 2.45) is 0 Å². The first-order valence-electron chi connectivity index (χ1n) is 10.5. The number of hydrogen-bond acceptors (Lipinski definition) is 7. The fourth-order valence-electron chi connectivity index (χ4n) is 3.65. The summed E-state index contributed by atoms with van der Waals surface area (Å²) in [5.74, 6) is -3.32. The molecule has 0 unspecified atom stereocenters. The molecule has 0 fully saturated rings. The van der Waals surface area contributed by atoms with Crippen LogP contribution in [0, 0.1) is 18.6 Å². The maximum atomic E-state index is 14.7. The van der Waals surface area contributed by atoms with Gasteiger partial charge in [-0.2, -0.15) is 4.98 Å². The Bertz CT molecular complexity index is 1480. The summed E-state index contributed by atoms with van der Waals surface area (Å²) in [6.07, 6.45) is 0. The van der Waals surface area contributed by atoms with E-state index in [0.29, 0.717) is 11.1 Å². The normalized spacial score (nSPS) is 11.3.